The SMILES string of the molecule is CCNC1C2CCCCCCC2C1(CC)CC. The topological polar surface area (TPSA) is 12.0 Å². The van der Waals surface area contributed by atoms with Gasteiger partial charge < -0.3 is 5.32 Å². The summed E-state index contributed by atoms with van der Waals surface area (Å²) in [6, 6.07) is 0.825. The molecule has 2 aliphatic carbocycles. The van der Waals surface area contributed by atoms with Crippen LogP contribution in [0.2, 0.25) is 0 Å². The molecule has 2 fully saturated rings. The first kappa shape index (κ1) is 13.4. The number of hydrogen-bond donors (Lipinski definition) is 1. The maximum Gasteiger partial charge on any atom is 0.0157 e. The van der Waals surface area contributed by atoms with E-state index in [0.29, 0.717) is 5.41 Å². The van der Waals surface area contributed by atoms with E-state index < -0.39 is 0 Å². The van der Waals surface area contributed by atoms with Gasteiger partial charge in [-0.2, -0.15) is 0 Å². The Labute approximate surface area is 108 Å². The van der Waals surface area contributed by atoms with Gasteiger partial charge in [0.25, 0.3) is 0 Å². The third-order valence-electron chi connectivity index (χ3n) is 5.85. The molecule has 0 saturated heterocycles. The first-order chi connectivity index (χ1) is 8.30. The van der Waals surface area contributed by atoms with Gasteiger partial charge in [0.1, 0.15) is 0 Å². The fourth-order valence-corrected chi connectivity index (χ4v) is 4.95. The van der Waals surface area contributed by atoms with Crippen LogP contribution >= 0.6 is 0 Å². The summed E-state index contributed by atoms with van der Waals surface area (Å²) in [5.41, 5.74) is 0.637. The molecule has 0 radical (unpaired) electrons. The fourth-order valence-electron chi connectivity index (χ4n) is 4.95. The van der Waals surface area contributed by atoms with E-state index in [9.17, 15) is 0 Å². The highest BCUT2D eigenvalue weighted by atomic mass is 15.0. The molecule has 3 atom stereocenters. The summed E-state index contributed by atoms with van der Waals surface area (Å²) in [6.07, 6.45) is 11.7. The van der Waals surface area contributed by atoms with Crippen LogP contribution in [0.25, 0.3) is 0 Å². The van der Waals surface area contributed by atoms with Crippen molar-refractivity contribution in [2.45, 2.75) is 78.2 Å². The van der Waals surface area contributed by atoms with Crippen LogP contribution in [-0.4, -0.2) is 12.6 Å². The van der Waals surface area contributed by atoms with Crippen molar-refractivity contribution in [1.82, 2.24) is 5.32 Å². The fraction of sp³-hybridized carbons (Fsp3) is 1.00. The van der Waals surface area contributed by atoms with Crippen LogP contribution < -0.4 is 5.32 Å². The van der Waals surface area contributed by atoms with Gasteiger partial charge in [0.2, 0.25) is 0 Å². The lowest BCUT2D eigenvalue weighted by Crippen LogP contribution is -2.66. The third-order valence-corrected chi connectivity index (χ3v) is 5.85. The molecule has 0 bridgehead atoms. The maximum atomic E-state index is 3.82. The highest BCUT2D eigenvalue weighted by Gasteiger charge is 2.57. The predicted octanol–water partition coefficient (Wildman–Crippen LogP) is 4.37. The molecule has 3 unspecified atom stereocenters. The molecule has 0 aromatic carbocycles. The summed E-state index contributed by atoms with van der Waals surface area (Å²) >= 11 is 0. The molecule has 0 aromatic heterocycles. The molecule has 2 saturated carbocycles. The summed E-state index contributed by atoms with van der Waals surface area (Å²) in [6.45, 7) is 8.26. The third kappa shape index (κ3) is 2.16. The van der Waals surface area contributed by atoms with Crippen molar-refractivity contribution in [3.63, 3.8) is 0 Å². The Morgan fingerprint density at radius 1 is 0.941 bits per heavy atom. The number of rotatable bonds is 4. The van der Waals surface area contributed by atoms with Crippen molar-refractivity contribution in [3.8, 4) is 0 Å². The van der Waals surface area contributed by atoms with Crippen LogP contribution in [0, 0.1) is 17.3 Å². The molecule has 1 N–H and O–H groups in total. The van der Waals surface area contributed by atoms with Crippen LogP contribution in [0.3, 0.4) is 0 Å². The van der Waals surface area contributed by atoms with Crippen LogP contribution in [0.5, 0.6) is 0 Å². The van der Waals surface area contributed by atoms with Crippen molar-refractivity contribution >= 4 is 0 Å². The van der Waals surface area contributed by atoms with E-state index in [1.165, 1.54) is 51.4 Å². The van der Waals surface area contributed by atoms with Crippen LogP contribution in [-0.2, 0) is 0 Å². The van der Waals surface area contributed by atoms with E-state index in [4.69, 9.17) is 0 Å². The lowest BCUT2D eigenvalue weighted by Gasteiger charge is -2.63. The predicted molar refractivity (Wildman–Crippen MR) is 75.2 cm³/mol. The van der Waals surface area contributed by atoms with E-state index in [1.807, 2.05) is 0 Å². The Bertz CT molecular complexity index is 224. The van der Waals surface area contributed by atoms with Crippen molar-refractivity contribution < 1.29 is 0 Å². The van der Waals surface area contributed by atoms with Gasteiger partial charge in [-0.15, -0.1) is 0 Å². The molecular weight excluding hydrogens is 206 g/mol. The lowest BCUT2D eigenvalue weighted by molar-refractivity contribution is -0.108. The second-order valence-electron chi connectivity index (χ2n) is 6.24. The Hall–Kier alpha value is -0.0400. The summed E-state index contributed by atoms with van der Waals surface area (Å²) in [7, 11) is 0. The first-order valence-electron chi connectivity index (χ1n) is 8.03. The Kier molecular flexibility index (Phi) is 4.52. The van der Waals surface area contributed by atoms with Gasteiger partial charge in [0.15, 0.2) is 0 Å². The summed E-state index contributed by atoms with van der Waals surface area (Å²) < 4.78 is 0. The van der Waals surface area contributed by atoms with Crippen molar-refractivity contribution in [2.24, 2.45) is 17.3 Å². The standard InChI is InChI=1S/C16H31N/c1-4-16(5-2)14-12-10-8-7-9-11-13(14)15(16)17-6-3/h13-15,17H,4-12H2,1-3H3. The van der Waals surface area contributed by atoms with E-state index in [1.54, 1.807) is 0 Å². The molecule has 1 nitrogen and oxygen atoms in total. The summed E-state index contributed by atoms with van der Waals surface area (Å²) in [4.78, 5) is 0. The van der Waals surface area contributed by atoms with Crippen LogP contribution in [0.1, 0.15) is 72.1 Å². The molecule has 1 heteroatoms. The van der Waals surface area contributed by atoms with Gasteiger partial charge in [-0.25, -0.2) is 0 Å². The van der Waals surface area contributed by atoms with Gasteiger partial charge in [-0.1, -0.05) is 46.5 Å². The lowest BCUT2D eigenvalue weighted by atomic mass is 9.45. The minimum Gasteiger partial charge on any atom is -0.313 e. The number of hydrogen-bond acceptors (Lipinski definition) is 1. The first-order valence-corrected chi connectivity index (χ1v) is 8.03. The van der Waals surface area contributed by atoms with Gasteiger partial charge in [-0.3, -0.25) is 0 Å². The Balaban J connectivity index is 2.12. The smallest absolute Gasteiger partial charge is 0.0157 e. The largest absolute Gasteiger partial charge is 0.313 e. The quantitative estimate of drug-likeness (QED) is 0.765. The highest BCUT2D eigenvalue weighted by molar-refractivity contribution is 5.10. The molecule has 0 aromatic rings. The summed E-state index contributed by atoms with van der Waals surface area (Å²) in [5.74, 6) is 2.02. The zero-order valence-electron chi connectivity index (χ0n) is 12.1. The van der Waals surface area contributed by atoms with Gasteiger partial charge in [0.05, 0.1) is 0 Å². The average molecular weight is 237 g/mol. The number of nitrogens with one attached hydrogen (secondary N) is 1. The molecule has 0 aliphatic heterocycles. The minimum absolute atomic E-state index is 0.637. The maximum absolute atomic E-state index is 3.82. The Morgan fingerprint density at radius 3 is 2.18 bits per heavy atom. The van der Waals surface area contributed by atoms with Gasteiger partial charge >= 0.3 is 0 Å². The van der Waals surface area contributed by atoms with Gasteiger partial charge in [0, 0.05) is 6.04 Å². The van der Waals surface area contributed by atoms with E-state index in [-0.39, 0.29) is 0 Å². The zero-order valence-corrected chi connectivity index (χ0v) is 12.1. The van der Waals surface area contributed by atoms with Crippen molar-refractivity contribution in [2.75, 3.05) is 6.54 Å². The van der Waals surface area contributed by atoms with Crippen molar-refractivity contribution in [1.29, 1.82) is 0 Å². The van der Waals surface area contributed by atoms with Crippen molar-refractivity contribution in [3.05, 3.63) is 0 Å². The van der Waals surface area contributed by atoms with Crippen LogP contribution in [0.4, 0.5) is 0 Å². The molecule has 0 heterocycles. The van der Waals surface area contributed by atoms with E-state index in [0.717, 1.165) is 24.4 Å². The summed E-state index contributed by atoms with van der Waals surface area (Å²) in [5, 5.41) is 3.82. The monoisotopic (exact) mass is 237 g/mol. The van der Waals surface area contributed by atoms with E-state index >= 15 is 0 Å². The molecule has 2 aliphatic rings. The van der Waals surface area contributed by atoms with Crippen LogP contribution in [0.15, 0.2) is 0 Å². The molecule has 2 rings (SSSR count). The highest BCUT2D eigenvalue weighted by Crippen LogP contribution is 2.59. The normalized spacial score (nSPS) is 36.5. The minimum atomic E-state index is 0.637. The second-order valence-corrected chi connectivity index (χ2v) is 6.24. The molecule has 0 spiro atoms. The Morgan fingerprint density at radius 2 is 1.59 bits per heavy atom. The molecule has 17 heavy (non-hydrogen) atoms. The van der Waals surface area contributed by atoms with E-state index in [2.05, 4.69) is 26.1 Å². The molecule has 100 valence electrons. The second kappa shape index (κ2) is 5.73. The van der Waals surface area contributed by atoms with Gasteiger partial charge in [-0.05, 0) is 49.5 Å². The average Bonchev–Trinajstić information content (AvgIpc) is 2.32. The molecular formula is C16H31N. The number of fused-ring (bicyclic) bond motifs is 1. The molecule has 0 amide bonds. The zero-order chi connectivity index (χ0) is 12.3.